The molecule has 0 saturated carbocycles. The third-order valence-corrected chi connectivity index (χ3v) is 6.15. The Morgan fingerprint density at radius 1 is 1.41 bits per heavy atom. The minimum absolute atomic E-state index is 0.187. The molecule has 1 saturated heterocycles. The van der Waals surface area contributed by atoms with Crippen molar-refractivity contribution in [3.63, 3.8) is 0 Å². The Balaban J connectivity index is 1.81. The van der Waals surface area contributed by atoms with E-state index in [0.717, 1.165) is 11.8 Å². The van der Waals surface area contributed by atoms with Gasteiger partial charge >= 0.3 is 6.18 Å². The van der Waals surface area contributed by atoms with Crippen LogP contribution in [0.1, 0.15) is 42.8 Å². The molecule has 1 aliphatic rings. The number of thioether (sulfide) groups is 1. The van der Waals surface area contributed by atoms with Gasteiger partial charge in [-0.1, -0.05) is 6.07 Å². The van der Waals surface area contributed by atoms with Crippen molar-refractivity contribution in [2.75, 3.05) is 13.7 Å². The van der Waals surface area contributed by atoms with Crippen molar-refractivity contribution >= 4 is 11.8 Å². The van der Waals surface area contributed by atoms with E-state index in [1.54, 1.807) is 17.9 Å². The predicted molar refractivity (Wildman–Crippen MR) is 102 cm³/mol. The molecular formula is C20H22F3N3O2S. The molecule has 3 rings (SSSR count). The smallest absolute Gasteiger partial charge is 0.372 e. The fourth-order valence-corrected chi connectivity index (χ4v) is 4.73. The Morgan fingerprint density at radius 2 is 2.21 bits per heavy atom. The zero-order valence-corrected chi connectivity index (χ0v) is 17.0. The second-order valence-corrected chi connectivity index (χ2v) is 8.86. The number of alkyl halides is 3. The Labute approximate surface area is 171 Å². The van der Waals surface area contributed by atoms with Gasteiger partial charge in [-0.2, -0.15) is 23.5 Å². The summed E-state index contributed by atoms with van der Waals surface area (Å²) in [6.45, 7) is 2.76. The molecule has 2 aromatic rings. The minimum Gasteiger partial charge on any atom is -0.372 e. The molecule has 1 fully saturated rings. The molecule has 29 heavy (non-hydrogen) atoms. The van der Waals surface area contributed by atoms with Gasteiger partial charge < -0.3 is 9.47 Å². The zero-order chi connectivity index (χ0) is 21.1. The van der Waals surface area contributed by atoms with Crippen LogP contribution in [0.4, 0.5) is 13.2 Å². The van der Waals surface area contributed by atoms with Crippen LogP contribution in [0.5, 0.6) is 0 Å². The van der Waals surface area contributed by atoms with Gasteiger partial charge in [-0.15, -0.1) is 11.8 Å². The summed E-state index contributed by atoms with van der Waals surface area (Å²) in [4.78, 5) is 0.582. The van der Waals surface area contributed by atoms with Crippen LogP contribution in [0.25, 0.3) is 0 Å². The van der Waals surface area contributed by atoms with E-state index in [1.807, 2.05) is 13.0 Å². The maximum atomic E-state index is 13.0. The summed E-state index contributed by atoms with van der Waals surface area (Å²) in [5.41, 5.74) is 0.808. The third kappa shape index (κ3) is 5.32. The molecule has 5 nitrogen and oxygen atoms in total. The normalized spacial score (nSPS) is 22.4. The number of ether oxygens (including phenoxy) is 2. The van der Waals surface area contributed by atoms with E-state index in [2.05, 4.69) is 11.2 Å². The molecule has 1 aromatic heterocycles. The molecule has 0 radical (unpaired) electrons. The number of benzene rings is 1. The molecule has 2 atom stereocenters. The summed E-state index contributed by atoms with van der Waals surface area (Å²) < 4.78 is 51.6. The first-order chi connectivity index (χ1) is 13.7. The lowest BCUT2D eigenvalue weighted by Crippen LogP contribution is -2.32. The average molecular weight is 425 g/mol. The van der Waals surface area contributed by atoms with Crippen LogP contribution in [-0.4, -0.2) is 28.2 Å². The van der Waals surface area contributed by atoms with E-state index in [9.17, 15) is 13.2 Å². The van der Waals surface area contributed by atoms with Crippen LogP contribution in [0.2, 0.25) is 0 Å². The van der Waals surface area contributed by atoms with Crippen molar-refractivity contribution < 1.29 is 22.6 Å². The number of aromatic nitrogens is 2. The van der Waals surface area contributed by atoms with Crippen molar-refractivity contribution in [2.45, 2.75) is 54.8 Å². The van der Waals surface area contributed by atoms with Gasteiger partial charge in [0, 0.05) is 23.4 Å². The second-order valence-electron chi connectivity index (χ2n) is 7.20. The van der Waals surface area contributed by atoms with Crippen LogP contribution in [-0.2, 0) is 28.8 Å². The number of rotatable bonds is 6. The number of methoxy groups -OCH3 is 1. The highest BCUT2D eigenvalue weighted by Crippen LogP contribution is 2.46. The van der Waals surface area contributed by atoms with E-state index in [4.69, 9.17) is 14.7 Å². The summed E-state index contributed by atoms with van der Waals surface area (Å²) in [7, 11) is 1.56. The van der Waals surface area contributed by atoms with Crippen molar-refractivity contribution in [3.8, 4) is 6.07 Å². The maximum absolute atomic E-state index is 13.0. The first kappa shape index (κ1) is 21.7. The molecule has 0 aliphatic carbocycles. The highest BCUT2D eigenvalue weighted by Gasteiger charge is 2.37. The fourth-order valence-electron chi connectivity index (χ4n) is 3.41. The fraction of sp³-hybridized carbons (Fsp3) is 0.500. The van der Waals surface area contributed by atoms with Crippen molar-refractivity contribution in [1.29, 1.82) is 5.26 Å². The molecule has 0 spiro atoms. The number of nitriles is 1. The highest BCUT2D eigenvalue weighted by atomic mass is 32.2. The topological polar surface area (TPSA) is 60.1 Å². The molecular weight excluding hydrogens is 403 g/mol. The first-order valence-corrected chi connectivity index (χ1v) is 9.96. The molecule has 0 amide bonds. The third-order valence-electron chi connectivity index (χ3n) is 4.80. The Kier molecular flexibility index (Phi) is 6.56. The molecule has 1 aromatic carbocycles. The minimum atomic E-state index is -4.36. The summed E-state index contributed by atoms with van der Waals surface area (Å²) in [5.74, 6) is 0. The van der Waals surface area contributed by atoms with Crippen molar-refractivity contribution in [3.05, 3.63) is 47.3 Å². The van der Waals surface area contributed by atoms with Crippen LogP contribution in [0.3, 0.4) is 0 Å². The van der Waals surface area contributed by atoms with Gasteiger partial charge in [-0.3, -0.25) is 0 Å². The number of nitrogens with zero attached hydrogens (tertiary/aromatic N) is 3. The molecule has 1 aliphatic heterocycles. The molecule has 0 bridgehead atoms. The molecule has 2 unspecified atom stereocenters. The first-order valence-electron chi connectivity index (χ1n) is 9.14. The Hall–Kier alpha value is -2.02. The predicted octanol–water partition coefficient (Wildman–Crippen LogP) is 4.97. The van der Waals surface area contributed by atoms with E-state index in [0.29, 0.717) is 30.0 Å². The zero-order valence-electron chi connectivity index (χ0n) is 16.2. The van der Waals surface area contributed by atoms with Crippen LogP contribution in [0.15, 0.2) is 35.2 Å². The van der Waals surface area contributed by atoms with Gasteiger partial charge in [-0.25, -0.2) is 4.68 Å². The lowest BCUT2D eigenvalue weighted by Gasteiger charge is -2.38. The van der Waals surface area contributed by atoms with Gasteiger partial charge in [0.05, 0.1) is 29.4 Å². The summed E-state index contributed by atoms with van der Waals surface area (Å²) in [5, 5.41) is 13.3. The van der Waals surface area contributed by atoms with E-state index < -0.39 is 11.7 Å². The summed E-state index contributed by atoms with van der Waals surface area (Å²) >= 11 is 1.44. The van der Waals surface area contributed by atoms with Gasteiger partial charge in [0.25, 0.3) is 0 Å². The second kappa shape index (κ2) is 8.78. The van der Waals surface area contributed by atoms with Crippen LogP contribution in [0, 0.1) is 11.3 Å². The standard InChI is InChI=1S/C20H22F3N3O2S/c1-19(29-16-5-3-4-14(10-16)20(21,22)23)7-9-28-18(12-19)17-11-15(6-8-24)25-26(17)13-27-2/h3-5,10-11,18H,6-7,9,12-13H2,1-2H3. The number of hydrogen-bond donors (Lipinski definition) is 0. The summed E-state index contributed by atoms with van der Waals surface area (Å²) in [6, 6.07) is 9.34. The van der Waals surface area contributed by atoms with E-state index in [1.165, 1.54) is 23.9 Å². The van der Waals surface area contributed by atoms with Crippen LogP contribution >= 0.6 is 11.8 Å². The molecule has 9 heteroatoms. The Morgan fingerprint density at radius 3 is 2.90 bits per heavy atom. The molecule has 156 valence electrons. The lowest BCUT2D eigenvalue weighted by molar-refractivity contribution is -0.137. The lowest BCUT2D eigenvalue weighted by atomic mass is 9.94. The SMILES string of the molecule is COCn1nc(CC#N)cc1C1CC(C)(Sc2cccc(C(F)(F)F)c2)CCO1. The number of hydrogen-bond acceptors (Lipinski definition) is 5. The molecule has 0 N–H and O–H groups in total. The number of halogens is 3. The van der Waals surface area contributed by atoms with Gasteiger partial charge in [0.2, 0.25) is 0 Å². The summed E-state index contributed by atoms with van der Waals surface area (Å²) in [6.07, 6.45) is -3.13. The van der Waals surface area contributed by atoms with Gasteiger partial charge in [0.1, 0.15) is 12.8 Å². The van der Waals surface area contributed by atoms with Crippen molar-refractivity contribution in [2.24, 2.45) is 0 Å². The van der Waals surface area contributed by atoms with Crippen LogP contribution < -0.4 is 0 Å². The van der Waals surface area contributed by atoms with Gasteiger partial charge in [-0.05, 0) is 44.0 Å². The quantitative estimate of drug-likeness (QED) is 0.654. The van der Waals surface area contributed by atoms with Crippen molar-refractivity contribution in [1.82, 2.24) is 9.78 Å². The highest BCUT2D eigenvalue weighted by molar-refractivity contribution is 8.00. The maximum Gasteiger partial charge on any atom is 0.416 e. The molecule has 2 heterocycles. The largest absolute Gasteiger partial charge is 0.416 e. The average Bonchev–Trinajstić information content (AvgIpc) is 3.04. The van der Waals surface area contributed by atoms with Gasteiger partial charge in [0.15, 0.2) is 0 Å². The van der Waals surface area contributed by atoms with E-state index >= 15 is 0 Å². The van der Waals surface area contributed by atoms with E-state index in [-0.39, 0.29) is 24.0 Å². The Bertz CT molecular complexity index is 894. The monoisotopic (exact) mass is 425 g/mol.